The van der Waals surface area contributed by atoms with Gasteiger partial charge in [0.2, 0.25) is 0 Å². The summed E-state index contributed by atoms with van der Waals surface area (Å²) in [7, 11) is 0. The molecule has 0 aliphatic carbocycles. The van der Waals surface area contributed by atoms with Gasteiger partial charge in [-0.05, 0) is 43.0 Å². The Morgan fingerprint density at radius 3 is 2.94 bits per heavy atom. The zero-order valence-electron chi connectivity index (χ0n) is 9.63. The van der Waals surface area contributed by atoms with Gasteiger partial charge in [-0.25, -0.2) is 4.39 Å². The van der Waals surface area contributed by atoms with Crippen molar-refractivity contribution in [3.05, 3.63) is 34.1 Å². The quantitative estimate of drug-likeness (QED) is 0.724. The Morgan fingerprint density at radius 1 is 1.41 bits per heavy atom. The van der Waals surface area contributed by atoms with E-state index in [0.29, 0.717) is 0 Å². The maximum atomic E-state index is 13.0. The van der Waals surface area contributed by atoms with Crippen LogP contribution in [0, 0.1) is 11.7 Å². The summed E-state index contributed by atoms with van der Waals surface area (Å²) in [5.74, 6) is 0.632. The molecule has 1 atom stereocenters. The summed E-state index contributed by atoms with van der Waals surface area (Å²) < 4.78 is 13.9. The van der Waals surface area contributed by atoms with Gasteiger partial charge in [0.05, 0.1) is 0 Å². The van der Waals surface area contributed by atoms with Gasteiger partial charge in [0.15, 0.2) is 0 Å². The Bertz CT molecular complexity index is 384. The molecule has 0 bridgehead atoms. The molecule has 0 radical (unpaired) electrons. The summed E-state index contributed by atoms with van der Waals surface area (Å²) >= 11 is 6.92. The molecule has 4 heteroatoms. The molecule has 0 aromatic heterocycles. The Balaban J connectivity index is 1.93. The summed E-state index contributed by atoms with van der Waals surface area (Å²) in [4.78, 5) is 2.45. The second-order valence-corrected chi connectivity index (χ2v) is 6.25. The molecule has 2 rings (SSSR count). The monoisotopic (exact) mass is 363 g/mol. The molecule has 0 spiro atoms. The maximum Gasteiger partial charge on any atom is 0.124 e. The Kier molecular flexibility index (Phi) is 5.00. The number of hydrogen-bond acceptors (Lipinski definition) is 1. The zero-order chi connectivity index (χ0) is 12.3. The van der Waals surface area contributed by atoms with E-state index >= 15 is 0 Å². The van der Waals surface area contributed by atoms with Crippen LogP contribution in [0.3, 0.4) is 0 Å². The van der Waals surface area contributed by atoms with E-state index in [-0.39, 0.29) is 5.82 Å². The highest BCUT2D eigenvalue weighted by Gasteiger charge is 2.22. The van der Waals surface area contributed by atoms with Crippen molar-refractivity contribution in [3.63, 3.8) is 0 Å². The van der Waals surface area contributed by atoms with E-state index in [9.17, 15) is 4.39 Å². The topological polar surface area (TPSA) is 3.24 Å². The molecule has 0 amide bonds. The van der Waals surface area contributed by atoms with Gasteiger partial charge in [-0.2, -0.15) is 0 Å². The molecule has 1 fully saturated rings. The van der Waals surface area contributed by atoms with Crippen molar-refractivity contribution < 1.29 is 4.39 Å². The van der Waals surface area contributed by atoms with Crippen molar-refractivity contribution in [2.75, 3.05) is 18.4 Å². The number of nitrogens with zero attached hydrogens (tertiary/aromatic N) is 1. The third kappa shape index (κ3) is 3.76. The Morgan fingerprint density at radius 2 is 2.24 bits per heavy atom. The lowest BCUT2D eigenvalue weighted by atomic mass is 10.1. The Hall–Kier alpha value is 0.0700. The molecule has 1 aliphatic rings. The summed E-state index contributed by atoms with van der Waals surface area (Å²) in [6, 6.07) is 4.95. The van der Waals surface area contributed by atoms with E-state index in [2.05, 4.69) is 36.8 Å². The minimum Gasteiger partial charge on any atom is -0.299 e. The van der Waals surface area contributed by atoms with Crippen LogP contribution in [0.5, 0.6) is 0 Å². The normalized spacial score (nSPS) is 21.0. The fraction of sp³-hybridized carbons (Fsp3) is 0.538. The molecule has 17 heavy (non-hydrogen) atoms. The van der Waals surface area contributed by atoms with Gasteiger partial charge in [-0.15, -0.1) is 0 Å². The van der Waals surface area contributed by atoms with Gasteiger partial charge in [0.25, 0.3) is 0 Å². The Labute approximate surface area is 119 Å². The first kappa shape index (κ1) is 13.5. The first-order chi connectivity index (χ1) is 8.19. The summed E-state index contributed by atoms with van der Waals surface area (Å²) in [5.41, 5.74) is 1.17. The largest absolute Gasteiger partial charge is 0.299 e. The molecule has 1 aliphatic heterocycles. The zero-order valence-corrected chi connectivity index (χ0v) is 12.8. The minimum absolute atomic E-state index is 0.181. The van der Waals surface area contributed by atoms with Gasteiger partial charge in [-0.3, -0.25) is 4.90 Å². The fourth-order valence-electron chi connectivity index (χ4n) is 2.34. The number of benzene rings is 1. The third-order valence-corrected chi connectivity index (χ3v) is 4.49. The first-order valence-corrected chi connectivity index (χ1v) is 7.82. The van der Waals surface area contributed by atoms with Crippen LogP contribution < -0.4 is 0 Å². The molecule has 1 nitrogen and oxygen atoms in total. The molecule has 0 saturated carbocycles. The highest BCUT2D eigenvalue weighted by molar-refractivity contribution is 9.10. The molecule has 1 unspecified atom stereocenters. The van der Waals surface area contributed by atoms with E-state index in [1.54, 1.807) is 6.07 Å². The third-order valence-electron chi connectivity index (χ3n) is 3.30. The van der Waals surface area contributed by atoms with Crippen LogP contribution in [0.4, 0.5) is 4.39 Å². The number of likely N-dealkylation sites (tertiary alicyclic amines) is 1. The predicted molar refractivity (Wildman–Crippen MR) is 75.9 cm³/mol. The van der Waals surface area contributed by atoms with Gasteiger partial charge >= 0.3 is 0 Å². The van der Waals surface area contributed by atoms with Crippen molar-refractivity contribution in [1.29, 1.82) is 0 Å². The average Bonchev–Trinajstić information content (AvgIpc) is 2.71. The van der Waals surface area contributed by atoms with Crippen molar-refractivity contribution in [3.8, 4) is 0 Å². The summed E-state index contributed by atoms with van der Waals surface area (Å²) in [6.07, 6.45) is 2.53. The minimum atomic E-state index is -0.181. The number of hydrogen-bond donors (Lipinski definition) is 0. The van der Waals surface area contributed by atoms with Crippen LogP contribution in [0.1, 0.15) is 18.4 Å². The average molecular weight is 365 g/mol. The molecule has 94 valence electrons. The second-order valence-electron chi connectivity index (χ2n) is 4.60. The summed E-state index contributed by atoms with van der Waals surface area (Å²) in [6.45, 7) is 3.23. The molecule has 1 heterocycles. The van der Waals surface area contributed by atoms with Crippen LogP contribution in [-0.2, 0) is 6.54 Å². The van der Waals surface area contributed by atoms with Crippen LogP contribution in [-0.4, -0.2) is 23.3 Å². The fourth-order valence-corrected chi connectivity index (χ4v) is 3.46. The van der Waals surface area contributed by atoms with E-state index < -0.39 is 0 Å². The smallest absolute Gasteiger partial charge is 0.124 e. The molecule has 0 N–H and O–H groups in total. The lowest BCUT2D eigenvalue weighted by Crippen LogP contribution is -2.20. The molecular weight excluding hydrogens is 349 g/mol. The molecule has 1 aromatic carbocycles. The van der Waals surface area contributed by atoms with E-state index in [1.165, 1.54) is 24.5 Å². The van der Waals surface area contributed by atoms with Crippen LogP contribution in [0.2, 0.25) is 0 Å². The van der Waals surface area contributed by atoms with Gasteiger partial charge < -0.3 is 0 Å². The van der Waals surface area contributed by atoms with Gasteiger partial charge in [-0.1, -0.05) is 37.9 Å². The number of rotatable bonds is 4. The number of halogens is 3. The van der Waals surface area contributed by atoms with Crippen molar-refractivity contribution >= 4 is 31.9 Å². The highest BCUT2D eigenvalue weighted by atomic mass is 79.9. The van der Waals surface area contributed by atoms with Crippen molar-refractivity contribution in [1.82, 2.24) is 4.90 Å². The van der Waals surface area contributed by atoms with E-state index in [1.807, 2.05) is 6.07 Å². The van der Waals surface area contributed by atoms with Crippen LogP contribution in [0.25, 0.3) is 0 Å². The summed E-state index contributed by atoms with van der Waals surface area (Å²) in [5, 5.41) is 1.09. The SMILES string of the molecule is Fc1ccc(CN2CCC(CCBr)C2)c(Br)c1. The predicted octanol–water partition coefficient (Wildman–Crippen LogP) is 4.20. The lowest BCUT2D eigenvalue weighted by Gasteiger charge is -2.16. The van der Waals surface area contributed by atoms with Crippen molar-refractivity contribution in [2.24, 2.45) is 5.92 Å². The van der Waals surface area contributed by atoms with Crippen LogP contribution >= 0.6 is 31.9 Å². The molecule has 1 saturated heterocycles. The van der Waals surface area contributed by atoms with E-state index in [4.69, 9.17) is 0 Å². The first-order valence-electron chi connectivity index (χ1n) is 5.91. The standard InChI is InChI=1S/C13H16Br2FN/c14-5-3-10-4-6-17(8-10)9-11-1-2-12(16)7-13(11)15/h1-2,7,10H,3-6,8-9H2. The highest BCUT2D eigenvalue weighted by Crippen LogP contribution is 2.25. The molecule has 1 aromatic rings. The van der Waals surface area contributed by atoms with Crippen LogP contribution in [0.15, 0.2) is 22.7 Å². The van der Waals surface area contributed by atoms with Crippen molar-refractivity contribution in [2.45, 2.75) is 19.4 Å². The van der Waals surface area contributed by atoms with Gasteiger partial charge in [0, 0.05) is 22.9 Å². The lowest BCUT2D eigenvalue weighted by molar-refractivity contribution is 0.315. The van der Waals surface area contributed by atoms with E-state index in [0.717, 1.165) is 35.4 Å². The van der Waals surface area contributed by atoms with Gasteiger partial charge in [0.1, 0.15) is 5.82 Å². The maximum absolute atomic E-state index is 13.0. The number of alkyl halides is 1. The molecular formula is C13H16Br2FN. The second kappa shape index (κ2) is 6.30.